The van der Waals surface area contributed by atoms with Crippen LogP contribution in [0.2, 0.25) is 5.15 Å². The van der Waals surface area contributed by atoms with Crippen LogP contribution in [0.15, 0.2) is 47.6 Å². The monoisotopic (exact) mass is 488 g/mol. The summed E-state index contributed by atoms with van der Waals surface area (Å²) in [6.07, 6.45) is 3.56. The number of rotatable bonds is 8. The zero-order chi connectivity index (χ0) is 17.9. The van der Waals surface area contributed by atoms with Gasteiger partial charge in [-0.15, -0.1) is 24.0 Å². The van der Waals surface area contributed by atoms with E-state index in [-0.39, 0.29) is 24.0 Å². The Bertz CT molecular complexity index is 662. The van der Waals surface area contributed by atoms with E-state index in [0.717, 1.165) is 43.2 Å². The second-order valence-corrected chi connectivity index (χ2v) is 6.07. The molecule has 1 heterocycles. The molecule has 0 aliphatic heterocycles. The van der Waals surface area contributed by atoms with Gasteiger partial charge in [-0.3, -0.25) is 4.99 Å². The van der Waals surface area contributed by atoms with E-state index < -0.39 is 0 Å². The number of nitrogens with zero attached hydrogens (tertiary/aromatic N) is 2. The number of halogens is 2. The lowest BCUT2D eigenvalue weighted by Crippen LogP contribution is -2.39. The van der Waals surface area contributed by atoms with Crippen molar-refractivity contribution in [3.8, 4) is 5.75 Å². The molecule has 0 fully saturated rings. The average Bonchev–Trinajstić information content (AvgIpc) is 2.63. The number of ether oxygens (including phenoxy) is 1. The summed E-state index contributed by atoms with van der Waals surface area (Å²) < 4.78 is 5.71. The van der Waals surface area contributed by atoms with Crippen molar-refractivity contribution in [3.63, 3.8) is 0 Å². The van der Waals surface area contributed by atoms with E-state index in [1.54, 1.807) is 19.3 Å². The molecule has 5 nitrogen and oxygen atoms in total. The van der Waals surface area contributed by atoms with Gasteiger partial charge in [0.2, 0.25) is 0 Å². The molecule has 0 amide bonds. The van der Waals surface area contributed by atoms with Crippen LogP contribution < -0.4 is 15.4 Å². The summed E-state index contributed by atoms with van der Waals surface area (Å²) in [7, 11) is 1.77. The molecule has 0 radical (unpaired) electrons. The van der Waals surface area contributed by atoms with Gasteiger partial charge in [0, 0.05) is 26.3 Å². The molecule has 0 bridgehead atoms. The number of benzene rings is 1. The zero-order valence-corrected chi connectivity index (χ0v) is 18.3. The van der Waals surface area contributed by atoms with E-state index in [4.69, 9.17) is 16.3 Å². The summed E-state index contributed by atoms with van der Waals surface area (Å²) in [4.78, 5) is 8.29. The fraction of sp³-hybridized carbons (Fsp3) is 0.368. The molecule has 0 atom stereocenters. The maximum absolute atomic E-state index is 5.78. The fourth-order valence-electron chi connectivity index (χ4n) is 2.20. The summed E-state index contributed by atoms with van der Waals surface area (Å²) in [5, 5.41) is 7.08. The Morgan fingerprint density at radius 1 is 1.12 bits per heavy atom. The number of aliphatic imine (C=N–C) groups is 1. The smallest absolute Gasteiger partial charge is 0.190 e. The number of hydrogen-bond acceptors (Lipinski definition) is 3. The Labute approximate surface area is 177 Å². The van der Waals surface area contributed by atoms with Crippen molar-refractivity contribution in [1.29, 1.82) is 0 Å². The maximum atomic E-state index is 5.78. The largest absolute Gasteiger partial charge is 0.494 e. The Morgan fingerprint density at radius 3 is 2.50 bits per heavy atom. The van der Waals surface area contributed by atoms with Gasteiger partial charge in [0.05, 0.1) is 6.61 Å². The lowest BCUT2D eigenvalue weighted by atomic mass is 10.2. The number of guanidine groups is 1. The highest BCUT2D eigenvalue weighted by Gasteiger charge is 1.99. The Kier molecular flexibility index (Phi) is 11.0. The molecule has 0 aliphatic rings. The van der Waals surface area contributed by atoms with Crippen LogP contribution in [0.3, 0.4) is 0 Å². The van der Waals surface area contributed by atoms with Crippen molar-refractivity contribution >= 4 is 41.5 Å². The molecule has 1 aromatic heterocycles. The first-order valence-electron chi connectivity index (χ1n) is 8.42. The first-order chi connectivity index (χ1) is 12.2. The molecule has 1 aromatic carbocycles. The number of pyridine rings is 1. The van der Waals surface area contributed by atoms with Crippen LogP contribution >= 0.6 is 35.6 Å². The summed E-state index contributed by atoms with van der Waals surface area (Å²) in [5.41, 5.74) is 2.37. The van der Waals surface area contributed by atoms with Crippen molar-refractivity contribution in [2.24, 2.45) is 4.99 Å². The van der Waals surface area contributed by atoms with Crippen LogP contribution in [0.25, 0.3) is 0 Å². The molecule has 7 heteroatoms. The first-order valence-corrected chi connectivity index (χ1v) is 8.79. The topological polar surface area (TPSA) is 58.5 Å². The van der Waals surface area contributed by atoms with Gasteiger partial charge < -0.3 is 15.4 Å². The van der Waals surface area contributed by atoms with Gasteiger partial charge in [-0.05, 0) is 43.5 Å². The van der Waals surface area contributed by atoms with Crippen LogP contribution in [-0.2, 0) is 6.42 Å². The predicted molar refractivity (Wildman–Crippen MR) is 119 cm³/mol. The van der Waals surface area contributed by atoms with E-state index in [0.29, 0.717) is 11.8 Å². The Balaban J connectivity index is 0.00000338. The highest BCUT2D eigenvalue weighted by Crippen LogP contribution is 2.11. The fourth-order valence-corrected chi connectivity index (χ4v) is 2.32. The van der Waals surface area contributed by atoms with Gasteiger partial charge in [-0.2, -0.15) is 0 Å². The summed E-state index contributed by atoms with van der Waals surface area (Å²) in [6.45, 7) is 4.32. The molecule has 0 saturated carbocycles. The number of nitrogens with one attached hydrogen (secondary N) is 2. The highest BCUT2D eigenvalue weighted by molar-refractivity contribution is 14.0. The van der Waals surface area contributed by atoms with E-state index >= 15 is 0 Å². The van der Waals surface area contributed by atoms with Crippen LogP contribution in [0.5, 0.6) is 5.75 Å². The quantitative estimate of drug-likeness (QED) is 0.195. The second-order valence-electron chi connectivity index (χ2n) is 5.68. The molecule has 0 saturated heterocycles. The molecule has 0 aliphatic carbocycles. The molecular weight excluding hydrogens is 463 g/mol. The molecule has 2 rings (SSSR count). The van der Waals surface area contributed by atoms with Crippen molar-refractivity contribution < 1.29 is 4.74 Å². The lowest BCUT2D eigenvalue weighted by Gasteiger charge is -2.12. The van der Waals surface area contributed by atoms with Gasteiger partial charge in [0.15, 0.2) is 5.96 Å². The van der Waals surface area contributed by atoms with E-state index in [2.05, 4.69) is 39.7 Å². The van der Waals surface area contributed by atoms with Crippen LogP contribution in [0.1, 0.15) is 17.5 Å². The van der Waals surface area contributed by atoms with Crippen molar-refractivity contribution in [2.75, 3.05) is 26.7 Å². The van der Waals surface area contributed by atoms with Gasteiger partial charge >= 0.3 is 0 Å². The molecule has 0 spiro atoms. The maximum Gasteiger partial charge on any atom is 0.190 e. The first kappa shape index (κ1) is 22.5. The molecule has 142 valence electrons. The minimum Gasteiger partial charge on any atom is -0.494 e. The summed E-state index contributed by atoms with van der Waals surface area (Å²) in [5.74, 6) is 1.70. The lowest BCUT2D eigenvalue weighted by molar-refractivity contribution is 0.311. The normalized spacial score (nSPS) is 10.8. The molecular formula is C19H26ClIN4O. The van der Waals surface area contributed by atoms with Gasteiger partial charge in [0.25, 0.3) is 0 Å². The molecule has 2 N–H and O–H groups in total. The van der Waals surface area contributed by atoms with Crippen LogP contribution in [-0.4, -0.2) is 37.7 Å². The Morgan fingerprint density at radius 2 is 1.85 bits per heavy atom. The minimum absolute atomic E-state index is 0. The van der Waals surface area contributed by atoms with Crippen molar-refractivity contribution in [2.45, 2.75) is 19.8 Å². The Hall–Kier alpha value is -1.54. The van der Waals surface area contributed by atoms with Gasteiger partial charge in [-0.25, -0.2) is 4.98 Å². The van der Waals surface area contributed by atoms with Crippen molar-refractivity contribution in [3.05, 3.63) is 58.9 Å². The third-order valence-corrected chi connectivity index (χ3v) is 3.85. The average molecular weight is 489 g/mol. The minimum atomic E-state index is 0. The van der Waals surface area contributed by atoms with E-state index in [1.807, 2.05) is 18.2 Å². The van der Waals surface area contributed by atoms with Crippen molar-refractivity contribution in [1.82, 2.24) is 15.6 Å². The van der Waals surface area contributed by atoms with E-state index in [1.165, 1.54) is 5.56 Å². The van der Waals surface area contributed by atoms with Crippen LogP contribution in [0, 0.1) is 6.92 Å². The number of aryl methyl sites for hydroxylation is 1. The van der Waals surface area contributed by atoms with Crippen LogP contribution in [0.4, 0.5) is 0 Å². The molecule has 2 aromatic rings. The molecule has 26 heavy (non-hydrogen) atoms. The summed E-state index contributed by atoms with van der Waals surface area (Å²) in [6, 6.07) is 11.9. The standard InChI is InChI=1S/C19H25ClN4O.HI/c1-15-4-7-17(8-5-15)25-13-3-11-22-19(21-2)23-12-10-16-6-9-18(20)24-14-16;/h4-9,14H,3,10-13H2,1-2H3,(H2,21,22,23);1H. The van der Waals surface area contributed by atoms with E-state index in [9.17, 15) is 0 Å². The molecule has 0 unspecified atom stereocenters. The third-order valence-electron chi connectivity index (χ3n) is 3.62. The van der Waals surface area contributed by atoms with Gasteiger partial charge in [0.1, 0.15) is 10.9 Å². The predicted octanol–water partition coefficient (Wildman–Crippen LogP) is 3.84. The number of aromatic nitrogens is 1. The second kappa shape index (κ2) is 12.8. The highest BCUT2D eigenvalue weighted by atomic mass is 127. The SMILES string of the molecule is CN=C(NCCCOc1ccc(C)cc1)NCCc1ccc(Cl)nc1.I. The summed E-state index contributed by atoms with van der Waals surface area (Å²) >= 11 is 5.78. The van der Waals surface area contributed by atoms with Gasteiger partial charge in [-0.1, -0.05) is 35.4 Å². The number of hydrogen-bond donors (Lipinski definition) is 2. The third kappa shape index (κ3) is 8.71. The zero-order valence-electron chi connectivity index (χ0n) is 15.2.